The highest BCUT2D eigenvalue weighted by Crippen LogP contribution is 2.32. The number of anilines is 2. The molecule has 4 rings (SSSR count). The average molecular weight is 403 g/mol. The summed E-state index contributed by atoms with van der Waals surface area (Å²) in [7, 11) is 1.85. The van der Waals surface area contributed by atoms with Crippen molar-refractivity contribution in [3.63, 3.8) is 0 Å². The van der Waals surface area contributed by atoms with E-state index in [1.165, 1.54) is 0 Å². The van der Waals surface area contributed by atoms with Crippen LogP contribution >= 0.6 is 0 Å². The number of rotatable bonds is 5. The van der Waals surface area contributed by atoms with Crippen LogP contribution in [0.2, 0.25) is 0 Å². The average Bonchev–Trinajstić information content (AvgIpc) is 3.36. The summed E-state index contributed by atoms with van der Waals surface area (Å²) in [4.78, 5) is 28.2. The number of carbonyl (C=O) groups is 1. The molecule has 0 bridgehead atoms. The molecule has 0 aromatic carbocycles. The number of nitrogens with zero attached hydrogens (tertiary/aromatic N) is 6. The Morgan fingerprint density at radius 2 is 2.17 bits per heavy atom. The van der Waals surface area contributed by atoms with Gasteiger partial charge in [0.2, 0.25) is 5.91 Å². The first kappa shape index (κ1) is 19.8. The molecule has 1 aliphatic heterocycles. The van der Waals surface area contributed by atoms with Crippen LogP contribution in [-0.2, 0) is 11.8 Å². The predicted octanol–water partition coefficient (Wildman–Crippen LogP) is 3.34. The molecule has 0 radical (unpaired) electrons. The van der Waals surface area contributed by atoms with Crippen molar-refractivity contribution in [1.82, 2.24) is 29.6 Å². The fraction of sp³-hybridized carbons (Fsp3) is 0.318. The summed E-state index contributed by atoms with van der Waals surface area (Å²) in [6.45, 7) is 4.58. The molecule has 8 nitrogen and oxygen atoms in total. The van der Waals surface area contributed by atoms with E-state index >= 15 is 0 Å². The minimum atomic E-state index is -0.0665. The number of hydrogen-bond acceptors (Lipinski definition) is 6. The van der Waals surface area contributed by atoms with Crippen molar-refractivity contribution >= 4 is 23.6 Å². The molecule has 1 atom stereocenters. The Morgan fingerprint density at radius 1 is 1.30 bits per heavy atom. The second-order valence-electron chi connectivity index (χ2n) is 7.49. The lowest BCUT2D eigenvalue weighted by Crippen LogP contribution is -2.29. The molecule has 154 valence electrons. The predicted molar refractivity (Wildman–Crippen MR) is 115 cm³/mol. The van der Waals surface area contributed by atoms with Crippen LogP contribution in [0.25, 0.3) is 6.08 Å². The molecule has 0 aliphatic carbocycles. The van der Waals surface area contributed by atoms with Gasteiger partial charge in [-0.15, -0.1) is 0 Å². The third kappa shape index (κ3) is 4.37. The molecule has 1 amide bonds. The Hall–Kier alpha value is -3.55. The van der Waals surface area contributed by atoms with Gasteiger partial charge in [-0.3, -0.25) is 9.48 Å². The minimum absolute atomic E-state index is 0.0206. The van der Waals surface area contributed by atoms with Gasteiger partial charge in [-0.05, 0) is 44.4 Å². The maximum Gasteiger partial charge on any atom is 0.247 e. The fourth-order valence-electron chi connectivity index (χ4n) is 3.69. The van der Waals surface area contributed by atoms with Crippen LogP contribution in [0.4, 0.5) is 11.6 Å². The number of aromatic nitrogens is 5. The second kappa shape index (κ2) is 8.44. The maximum atomic E-state index is 12.9. The lowest BCUT2D eigenvalue weighted by atomic mass is 10.1. The molecule has 3 aromatic rings. The number of hydrogen-bond donors (Lipinski definition) is 1. The lowest BCUT2D eigenvalue weighted by Gasteiger charge is -2.23. The van der Waals surface area contributed by atoms with Crippen LogP contribution in [0.15, 0.2) is 42.9 Å². The summed E-state index contributed by atoms with van der Waals surface area (Å²) in [5.41, 5.74) is 2.78. The topological polar surface area (TPSA) is 88.8 Å². The molecule has 30 heavy (non-hydrogen) atoms. The van der Waals surface area contributed by atoms with Crippen molar-refractivity contribution in [3.8, 4) is 0 Å². The van der Waals surface area contributed by atoms with Gasteiger partial charge in [0.15, 0.2) is 0 Å². The molecule has 0 saturated carbocycles. The number of carbonyl (C=O) groups excluding carboxylic acids is 1. The van der Waals surface area contributed by atoms with Crippen molar-refractivity contribution in [2.75, 3.05) is 11.9 Å². The third-order valence-corrected chi connectivity index (χ3v) is 5.13. The van der Waals surface area contributed by atoms with Crippen LogP contribution in [0.3, 0.4) is 0 Å². The zero-order valence-electron chi connectivity index (χ0n) is 17.4. The lowest BCUT2D eigenvalue weighted by molar-refractivity contribution is -0.126. The van der Waals surface area contributed by atoms with Crippen LogP contribution in [0.5, 0.6) is 0 Å². The van der Waals surface area contributed by atoms with E-state index in [1.54, 1.807) is 29.2 Å². The minimum Gasteiger partial charge on any atom is -0.331 e. The first-order chi connectivity index (χ1) is 14.5. The quantitative estimate of drug-likeness (QED) is 0.657. The maximum absolute atomic E-state index is 12.9. The Morgan fingerprint density at radius 3 is 2.93 bits per heavy atom. The van der Waals surface area contributed by atoms with E-state index in [-0.39, 0.29) is 11.9 Å². The van der Waals surface area contributed by atoms with E-state index in [0.717, 1.165) is 35.5 Å². The molecule has 0 spiro atoms. The molecule has 1 aliphatic rings. The normalized spacial score (nSPS) is 16.4. The number of nitrogens with one attached hydrogen (secondary N) is 1. The van der Waals surface area contributed by atoms with Gasteiger partial charge >= 0.3 is 0 Å². The summed E-state index contributed by atoms with van der Waals surface area (Å²) in [5.74, 6) is 2.09. The van der Waals surface area contributed by atoms with Gasteiger partial charge in [0, 0.05) is 43.7 Å². The van der Waals surface area contributed by atoms with Crippen molar-refractivity contribution in [1.29, 1.82) is 0 Å². The highest BCUT2D eigenvalue weighted by Gasteiger charge is 2.30. The summed E-state index contributed by atoms with van der Waals surface area (Å²) in [6, 6.07) is 5.75. The van der Waals surface area contributed by atoms with Crippen molar-refractivity contribution in [2.45, 2.75) is 32.7 Å². The fourth-order valence-corrected chi connectivity index (χ4v) is 3.69. The zero-order valence-corrected chi connectivity index (χ0v) is 17.4. The molecule has 1 saturated heterocycles. The van der Waals surface area contributed by atoms with Crippen LogP contribution in [0, 0.1) is 13.8 Å². The second-order valence-corrected chi connectivity index (χ2v) is 7.49. The molecule has 1 fully saturated rings. The molecule has 3 aromatic heterocycles. The zero-order chi connectivity index (χ0) is 21.1. The summed E-state index contributed by atoms with van der Waals surface area (Å²) in [6.07, 6.45) is 10.6. The van der Waals surface area contributed by atoms with E-state index in [1.807, 2.05) is 50.2 Å². The summed E-state index contributed by atoms with van der Waals surface area (Å²) >= 11 is 0. The van der Waals surface area contributed by atoms with Crippen LogP contribution < -0.4 is 5.32 Å². The largest absolute Gasteiger partial charge is 0.331 e. The highest BCUT2D eigenvalue weighted by molar-refractivity contribution is 5.92. The van der Waals surface area contributed by atoms with E-state index in [0.29, 0.717) is 18.2 Å². The van der Waals surface area contributed by atoms with Gasteiger partial charge in [0.25, 0.3) is 0 Å². The Labute approximate surface area is 175 Å². The third-order valence-electron chi connectivity index (χ3n) is 5.13. The summed E-state index contributed by atoms with van der Waals surface area (Å²) < 4.78 is 1.71. The molecular weight excluding hydrogens is 378 g/mol. The molecule has 0 unspecified atom stereocenters. The van der Waals surface area contributed by atoms with E-state index in [2.05, 4.69) is 25.4 Å². The van der Waals surface area contributed by atoms with Gasteiger partial charge in [0.1, 0.15) is 17.5 Å². The van der Waals surface area contributed by atoms with Gasteiger partial charge in [0.05, 0.1) is 17.9 Å². The van der Waals surface area contributed by atoms with Crippen molar-refractivity contribution in [2.24, 2.45) is 7.05 Å². The highest BCUT2D eigenvalue weighted by atomic mass is 16.2. The number of aryl methyl sites for hydroxylation is 3. The van der Waals surface area contributed by atoms with Gasteiger partial charge in [-0.2, -0.15) is 5.10 Å². The van der Waals surface area contributed by atoms with Gasteiger partial charge in [-0.25, -0.2) is 15.0 Å². The molecule has 1 N–H and O–H groups in total. The first-order valence-corrected chi connectivity index (χ1v) is 10.0. The standard InChI is InChI=1S/C22H25N7O/c1-15-6-4-10-23-22(15)27-20-12-18(25-16(2)26-20)19-7-5-11-29(19)21(30)9-8-17-13-24-28(3)14-17/h4,6,8-10,12-14,19H,5,7,11H2,1-3H3,(H,23,25,26,27)/b9-8+/t19-/m0/s1. The van der Waals surface area contributed by atoms with Crippen LogP contribution in [-0.4, -0.2) is 42.1 Å². The molecule has 4 heterocycles. The Balaban J connectivity index is 1.55. The van der Waals surface area contributed by atoms with E-state index < -0.39 is 0 Å². The Bertz CT molecular complexity index is 1090. The SMILES string of the molecule is Cc1nc(Nc2ncccc2C)cc([C@@H]2CCCN2C(=O)/C=C/c2cnn(C)c2)n1. The monoisotopic (exact) mass is 403 g/mol. The molecule has 8 heteroatoms. The first-order valence-electron chi connectivity index (χ1n) is 10.0. The Kier molecular flexibility index (Phi) is 5.56. The van der Waals surface area contributed by atoms with Crippen molar-refractivity contribution in [3.05, 3.63) is 65.5 Å². The number of likely N-dealkylation sites (tertiary alicyclic amines) is 1. The smallest absolute Gasteiger partial charge is 0.247 e. The number of pyridine rings is 1. The van der Waals surface area contributed by atoms with E-state index in [4.69, 9.17) is 0 Å². The van der Waals surface area contributed by atoms with Crippen LogP contribution in [0.1, 0.15) is 41.5 Å². The van der Waals surface area contributed by atoms with Crippen molar-refractivity contribution < 1.29 is 4.79 Å². The number of amides is 1. The van der Waals surface area contributed by atoms with Gasteiger partial charge in [-0.1, -0.05) is 6.07 Å². The summed E-state index contributed by atoms with van der Waals surface area (Å²) in [5, 5.41) is 7.41. The van der Waals surface area contributed by atoms with E-state index in [9.17, 15) is 4.79 Å². The van der Waals surface area contributed by atoms with Gasteiger partial charge < -0.3 is 10.2 Å². The molecular formula is C22H25N7O.